The number of aldehydes is 1. The fraction of sp³-hybridized carbons (Fsp3) is 0.613. The molecule has 1 N–H and O–H groups in total. The molecule has 3 nitrogen and oxygen atoms in total. The first kappa shape index (κ1) is 31.3. The Kier molecular flexibility index (Phi) is 13.7. The molecule has 1 aromatic carbocycles. The molecule has 1 aliphatic carbocycles. The standard InChI is InChI=1S/C16H26N2.C10H11F2OP.C5H10/c1-3-13(4-2)7-5-9-15-11-10-14-8-6-12-17-16(14)18-15;1-7(6-13)8-2-4-9(5-3-8)10(11,12)14;1-5-3-2-4-5/h10-11,13H,3-9,12H2,1-2H3,(H,17,18);2-7H,14H2,1H3;5H,2-4H2,1H3. The van der Waals surface area contributed by atoms with Crippen molar-refractivity contribution in [2.24, 2.45) is 11.8 Å². The van der Waals surface area contributed by atoms with Crippen molar-refractivity contribution < 1.29 is 13.6 Å². The topological polar surface area (TPSA) is 42.0 Å². The van der Waals surface area contributed by atoms with E-state index >= 15 is 0 Å². The van der Waals surface area contributed by atoms with Crippen molar-refractivity contribution in [2.75, 3.05) is 11.9 Å². The van der Waals surface area contributed by atoms with Crippen LogP contribution in [0.4, 0.5) is 14.6 Å². The second-order valence-electron chi connectivity index (χ2n) is 10.6. The molecule has 0 radical (unpaired) electrons. The number of halogens is 2. The molecule has 2 unspecified atom stereocenters. The number of nitrogens with zero attached hydrogens (tertiary/aromatic N) is 1. The Bertz CT molecular complexity index is 922. The van der Waals surface area contributed by atoms with Crippen LogP contribution < -0.4 is 5.32 Å². The van der Waals surface area contributed by atoms with Gasteiger partial charge in [-0.3, -0.25) is 0 Å². The molecule has 2 aromatic rings. The Morgan fingerprint density at radius 3 is 2.27 bits per heavy atom. The number of carbonyl (C=O) groups is 1. The first-order valence-corrected chi connectivity index (χ1v) is 14.7. The third-order valence-electron chi connectivity index (χ3n) is 7.57. The molecule has 0 bridgehead atoms. The molecule has 1 aliphatic heterocycles. The Morgan fingerprint density at radius 1 is 1.11 bits per heavy atom. The molecule has 1 aromatic heterocycles. The van der Waals surface area contributed by atoms with Gasteiger partial charge in [0.25, 0.3) is 5.66 Å². The van der Waals surface area contributed by atoms with Gasteiger partial charge in [-0.25, -0.2) is 4.98 Å². The molecule has 2 heterocycles. The summed E-state index contributed by atoms with van der Waals surface area (Å²) in [5.74, 6) is 2.86. The van der Waals surface area contributed by atoms with Crippen LogP contribution in [-0.4, -0.2) is 17.8 Å². The van der Waals surface area contributed by atoms with Gasteiger partial charge in [0.2, 0.25) is 0 Å². The van der Waals surface area contributed by atoms with E-state index in [9.17, 15) is 13.6 Å². The number of rotatable bonds is 9. The Balaban J connectivity index is 0.000000224. The van der Waals surface area contributed by atoms with Crippen molar-refractivity contribution in [2.45, 2.75) is 103 Å². The summed E-state index contributed by atoms with van der Waals surface area (Å²) in [6.45, 7) is 9.71. The molecule has 2 aliphatic rings. The Hall–Kier alpha value is -1.87. The van der Waals surface area contributed by atoms with E-state index in [1.165, 1.54) is 90.4 Å². The smallest absolute Gasteiger partial charge is 0.283 e. The maximum absolute atomic E-state index is 12.8. The summed E-state index contributed by atoms with van der Waals surface area (Å²) in [7, 11) is 1.48. The molecular formula is C31H47F2N2OP. The number of carbonyl (C=O) groups excluding carboxylic acids is 1. The number of fused-ring (bicyclic) bond motifs is 1. The van der Waals surface area contributed by atoms with Crippen LogP contribution in [0.2, 0.25) is 0 Å². The number of benzene rings is 1. The largest absolute Gasteiger partial charge is 0.370 e. The van der Waals surface area contributed by atoms with Crippen molar-refractivity contribution >= 4 is 21.3 Å². The molecule has 4 rings (SSSR count). The van der Waals surface area contributed by atoms with Crippen LogP contribution in [0.3, 0.4) is 0 Å². The van der Waals surface area contributed by atoms with Gasteiger partial charge in [0, 0.05) is 23.7 Å². The summed E-state index contributed by atoms with van der Waals surface area (Å²) in [5, 5.41) is 3.41. The fourth-order valence-electron chi connectivity index (χ4n) is 4.48. The van der Waals surface area contributed by atoms with Crippen LogP contribution >= 0.6 is 9.24 Å². The van der Waals surface area contributed by atoms with E-state index in [0.29, 0.717) is 0 Å². The maximum atomic E-state index is 12.8. The highest BCUT2D eigenvalue weighted by Gasteiger charge is 2.24. The van der Waals surface area contributed by atoms with E-state index < -0.39 is 5.66 Å². The number of nitrogens with one attached hydrogen (secondary N) is 1. The van der Waals surface area contributed by atoms with E-state index in [2.05, 4.69) is 38.2 Å². The second kappa shape index (κ2) is 16.2. The third kappa shape index (κ3) is 11.2. The van der Waals surface area contributed by atoms with Gasteiger partial charge < -0.3 is 10.1 Å². The normalized spacial score (nSPS) is 15.7. The molecular weight excluding hydrogens is 485 g/mol. The quantitative estimate of drug-likeness (QED) is 0.259. The first-order valence-electron chi connectivity index (χ1n) is 14.1. The molecule has 6 heteroatoms. The van der Waals surface area contributed by atoms with Crippen LogP contribution in [0.25, 0.3) is 0 Å². The number of alkyl halides is 2. The van der Waals surface area contributed by atoms with E-state index in [1.807, 2.05) is 0 Å². The SMILES string of the molecule is CC(C=O)c1ccc(C(F)(F)P)cc1.CC1CCC1.CCC(CC)CCCc1ccc2c(n1)NCCC2. The van der Waals surface area contributed by atoms with Crippen molar-refractivity contribution in [1.82, 2.24) is 4.98 Å². The monoisotopic (exact) mass is 532 g/mol. The van der Waals surface area contributed by atoms with Crippen LogP contribution in [0.1, 0.15) is 107 Å². The maximum Gasteiger partial charge on any atom is 0.283 e. The van der Waals surface area contributed by atoms with Crippen molar-refractivity contribution in [3.8, 4) is 0 Å². The minimum atomic E-state index is -2.90. The first-order chi connectivity index (χ1) is 17.7. The zero-order chi connectivity index (χ0) is 27.3. The molecule has 206 valence electrons. The fourth-order valence-corrected chi connectivity index (χ4v) is 4.67. The van der Waals surface area contributed by atoms with Gasteiger partial charge in [-0.2, -0.15) is 8.78 Å². The lowest BCUT2D eigenvalue weighted by Gasteiger charge is -2.18. The highest BCUT2D eigenvalue weighted by Crippen LogP contribution is 2.35. The number of hydrogen-bond donors (Lipinski definition) is 1. The summed E-state index contributed by atoms with van der Waals surface area (Å²) in [4.78, 5) is 15.2. The lowest BCUT2D eigenvalue weighted by atomic mass is 9.88. The number of aryl methyl sites for hydroxylation is 2. The number of hydrogen-bond acceptors (Lipinski definition) is 3. The van der Waals surface area contributed by atoms with Crippen LogP contribution in [-0.2, 0) is 23.3 Å². The van der Waals surface area contributed by atoms with Gasteiger partial charge in [-0.05, 0) is 54.7 Å². The van der Waals surface area contributed by atoms with Gasteiger partial charge >= 0.3 is 0 Å². The predicted molar refractivity (Wildman–Crippen MR) is 156 cm³/mol. The van der Waals surface area contributed by atoms with Gasteiger partial charge in [0.05, 0.1) is 0 Å². The molecule has 37 heavy (non-hydrogen) atoms. The molecule has 1 fully saturated rings. The molecule has 0 spiro atoms. The molecule has 0 saturated heterocycles. The summed E-state index contributed by atoms with van der Waals surface area (Å²) < 4.78 is 25.5. The zero-order valence-electron chi connectivity index (χ0n) is 23.2. The Labute approximate surface area is 225 Å². The third-order valence-corrected chi connectivity index (χ3v) is 7.90. The van der Waals surface area contributed by atoms with E-state index in [-0.39, 0.29) is 11.5 Å². The number of anilines is 1. The van der Waals surface area contributed by atoms with E-state index in [4.69, 9.17) is 4.98 Å². The second-order valence-corrected chi connectivity index (χ2v) is 11.3. The molecule has 1 saturated carbocycles. The summed E-state index contributed by atoms with van der Waals surface area (Å²) in [5.41, 5.74) is 0.435. The molecule has 0 amide bonds. The minimum Gasteiger partial charge on any atom is -0.370 e. The van der Waals surface area contributed by atoms with Gasteiger partial charge in [0.15, 0.2) is 0 Å². The van der Waals surface area contributed by atoms with Gasteiger partial charge in [0.1, 0.15) is 12.1 Å². The lowest BCUT2D eigenvalue weighted by molar-refractivity contribution is -0.108. The zero-order valence-corrected chi connectivity index (χ0v) is 24.4. The van der Waals surface area contributed by atoms with Gasteiger partial charge in [-0.1, -0.05) is 106 Å². The minimum absolute atomic E-state index is 0.0654. The highest BCUT2D eigenvalue weighted by atomic mass is 31.0. The molecule has 2 atom stereocenters. The summed E-state index contributed by atoms with van der Waals surface area (Å²) in [6, 6.07) is 10.3. The lowest BCUT2D eigenvalue weighted by Crippen LogP contribution is -2.14. The van der Waals surface area contributed by atoms with Crippen molar-refractivity contribution in [3.63, 3.8) is 0 Å². The van der Waals surface area contributed by atoms with E-state index in [0.717, 1.165) is 42.5 Å². The Morgan fingerprint density at radius 2 is 1.76 bits per heavy atom. The predicted octanol–water partition coefficient (Wildman–Crippen LogP) is 8.92. The van der Waals surface area contributed by atoms with Crippen LogP contribution in [0, 0.1) is 11.8 Å². The van der Waals surface area contributed by atoms with Crippen LogP contribution in [0.15, 0.2) is 36.4 Å². The number of aromatic nitrogens is 1. The average molecular weight is 533 g/mol. The van der Waals surface area contributed by atoms with E-state index in [1.54, 1.807) is 19.1 Å². The average Bonchev–Trinajstić information content (AvgIpc) is 2.89. The summed E-state index contributed by atoms with van der Waals surface area (Å²) in [6.07, 6.45) is 14.1. The number of pyridine rings is 1. The van der Waals surface area contributed by atoms with Gasteiger partial charge in [-0.15, -0.1) is 0 Å². The van der Waals surface area contributed by atoms with Crippen LogP contribution in [0.5, 0.6) is 0 Å². The highest BCUT2D eigenvalue weighted by molar-refractivity contribution is 7.17. The summed E-state index contributed by atoms with van der Waals surface area (Å²) >= 11 is 0. The van der Waals surface area contributed by atoms with Crippen molar-refractivity contribution in [3.05, 3.63) is 58.8 Å². The van der Waals surface area contributed by atoms with Crippen molar-refractivity contribution in [1.29, 1.82) is 0 Å².